The normalized spacial score (nSPS) is 34.3. The van der Waals surface area contributed by atoms with Gasteiger partial charge in [-0.05, 0) is 45.7 Å². The third kappa shape index (κ3) is 4.43. The number of piperidine rings is 1. The number of hydrogen-bond acceptors (Lipinski definition) is 4. The lowest BCUT2D eigenvalue weighted by molar-refractivity contribution is 0.174. The first kappa shape index (κ1) is 15.3. The third-order valence-corrected chi connectivity index (χ3v) is 6.43. The van der Waals surface area contributed by atoms with Crippen LogP contribution < -0.4 is 5.32 Å². The van der Waals surface area contributed by atoms with Crippen molar-refractivity contribution in [2.75, 3.05) is 26.4 Å². The number of likely N-dealkylation sites (tertiary alicyclic amines) is 1. The number of likely N-dealkylation sites (N-methyl/N-ethyl adjacent to an activating group) is 1. The lowest BCUT2D eigenvalue weighted by Gasteiger charge is -2.35. The van der Waals surface area contributed by atoms with E-state index in [1.165, 1.54) is 32.1 Å². The van der Waals surface area contributed by atoms with Crippen molar-refractivity contribution in [3.8, 4) is 0 Å². The summed E-state index contributed by atoms with van der Waals surface area (Å²) in [6.45, 7) is 2.21. The zero-order valence-electron chi connectivity index (χ0n) is 12.3. The number of nitrogens with one attached hydrogen (secondary N) is 1. The zero-order chi connectivity index (χ0) is 13.9. The van der Waals surface area contributed by atoms with Crippen LogP contribution in [0.4, 0.5) is 0 Å². The highest BCUT2D eigenvalue weighted by Crippen LogP contribution is 2.24. The Balaban J connectivity index is 1.79. The van der Waals surface area contributed by atoms with Crippen molar-refractivity contribution in [3.05, 3.63) is 0 Å². The minimum absolute atomic E-state index is 0.122. The van der Waals surface area contributed by atoms with E-state index >= 15 is 0 Å². The summed E-state index contributed by atoms with van der Waals surface area (Å²) in [4.78, 5) is 2.44. The van der Waals surface area contributed by atoms with Gasteiger partial charge in [-0.15, -0.1) is 0 Å². The molecule has 1 saturated heterocycles. The van der Waals surface area contributed by atoms with E-state index in [1.54, 1.807) is 0 Å². The van der Waals surface area contributed by atoms with Gasteiger partial charge in [0.25, 0.3) is 0 Å². The smallest absolute Gasteiger partial charge is 0.150 e. The molecule has 5 heteroatoms. The van der Waals surface area contributed by atoms with E-state index in [0.717, 1.165) is 32.2 Å². The molecule has 0 radical (unpaired) electrons. The van der Waals surface area contributed by atoms with Crippen molar-refractivity contribution >= 4 is 9.84 Å². The Bertz CT molecular complexity index is 383. The average molecular weight is 288 g/mol. The van der Waals surface area contributed by atoms with E-state index in [9.17, 15) is 8.42 Å². The Morgan fingerprint density at radius 1 is 1.16 bits per heavy atom. The van der Waals surface area contributed by atoms with Gasteiger partial charge in [-0.3, -0.25) is 0 Å². The first-order valence-corrected chi connectivity index (χ1v) is 9.55. The Kier molecular flexibility index (Phi) is 5.26. The molecule has 4 nitrogen and oxygen atoms in total. The number of hydrogen-bond donors (Lipinski definition) is 1. The molecule has 2 aliphatic rings. The van der Waals surface area contributed by atoms with E-state index in [-0.39, 0.29) is 5.25 Å². The monoisotopic (exact) mass is 288 g/mol. The van der Waals surface area contributed by atoms with Crippen molar-refractivity contribution in [3.63, 3.8) is 0 Å². The highest BCUT2D eigenvalue weighted by molar-refractivity contribution is 7.91. The van der Waals surface area contributed by atoms with Crippen LogP contribution >= 0.6 is 0 Å². The fourth-order valence-electron chi connectivity index (χ4n) is 3.42. The lowest BCUT2D eigenvalue weighted by Crippen LogP contribution is -2.47. The lowest BCUT2D eigenvalue weighted by atomic mass is 9.94. The van der Waals surface area contributed by atoms with Gasteiger partial charge in [-0.2, -0.15) is 0 Å². The molecule has 0 amide bonds. The van der Waals surface area contributed by atoms with E-state index in [4.69, 9.17) is 0 Å². The molecule has 2 fully saturated rings. The Hall–Kier alpha value is -0.130. The standard InChI is InChI=1S/C14H28N2O2S/c1-16-9-4-3-7-13(16)11-15-12-6-5-8-14(10-12)19(2,17)18/h12-15H,3-11H2,1-2H3. The van der Waals surface area contributed by atoms with Crippen LogP contribution in [0.2, 0.25) is 0 Å². The third-order valence-electron chi connectivity index (χ3n) is 4.80. The second kappa shape index (κ2) is 6.55. The van der Waals surface area contributed by atoms with Gasteiger partial charge in [0.1, 0.15) is 9.84 Å². The molecule has 112 valence electrons. The molecule has 1 N–H and O–H groups in total. The van der Waals surface area contributed by atoms with Gasteiger partial charge in [-0.25, -0.2) is 8.42 Å². The molecule has 0 aromatic rings. The van der Waals surface area contributed by atoms with Crippen LogP contribution in [-0.4, -0.2) is 57.0 Å². The van der Waals surface area contributed by atoms with Crippen LogP contribution in [-0.2, 0) is 9.84 Å². The van der Waals surface area contributed by atoms with Crippen LogP contribution in [0.25, 0.3) is 0 Å². The molecule has 0 aromatic heterocycles. The van der Waals surface area contributed by atoms with Crippen molar-refractivity contribution in [2.24, 2.45) is 0 Å². The van der Waals surface area contributed by atoms with Crippen LogP contribution in [0.5, 0.6) is 0 Å². The molecule has 3 unspecified atom stereocenters. The molecule has 0 bridgehead atoms. The summed E-state index contributed by atoms with van der Waals surface area (Å²) < 4.78 is 23.3. The van der Waals surface area contributed by atoms with E-state index in [0.29, 0.717) is 12.1 Å². The van der Waals surface area contributed by atoms with Gasteiger partial charge < -0.3 is 10.2 Å². The molecule has 2 rings (SSSR count). The second-order valence-corrected chi connectivity index (χ2v) is 8.68. The highest BCUT2D eigenvalue weighted by atomic mass is 32.2. The average Bonchev–Trinajstić information content (AvgIpc) is 2.37. The predicted octanol–water partition coefficient (Wildman–Crippen LogP) is 1.42. The summed E-state index contributed by atoms with van der Waals surface area (Å²) in [5.74, 6) is 0. The van der Waals surface area contributed by atoms with E-state index < -0.39 is 9.84 Å². The Labute approximate surface area is 117 Å². The molecule has 1 aliphatic carbocycles. The predicted molar refractivity (Wildman–Crippen MR) is 79.2 cm³/mol. The van der Waals surface area contributed by atoms with Crippen LogP contribution in [0.3, 0.4) is 0 Å². The largest absolute Gasteiger partial charge is 0.312 e. The van der Waals surface area contributed by atoms with Crippen LogP contribution in [0, 0.1) is 0 Å². The fraction of sp³-hybridized carbons (Fsp3) is 1.00. The summed E-state index contributed by atoms with van der Waals surface area (Å²) in [5.41, 5.74) is 0. The first-order chi connectivity index (χ1) is 8.97. The molecular weight excluding hydrogens is 260 g/mol. The van der Waals surface area contributed by atoms with Crippen LogP contribution in [0.15, 0.2) is 0 Å². The Morgan fingerprint density at radius 3 is 2.63 bits per heavy atom. The van der Waals surface area contributed by atoms with Gasteiger partial charge in [0.05, 0.1) is 5.25 Å². The van der Waals surface area contributed by atoms with Crippen molar-refractivity contribution < 1.29 is 8.42 Å². The quantitative estimate of drug-likeness (QED) is 0.850. The number of sulfone groups is 1. The minimum Gasteiger partial charge on any atom is -0.312 e. The Morgan fingerprint density at radius 2 is 1.95 bits per heavy atom. The van der Waals surface area contributed by atoms with Gasteiger partial charge in [0.2, 0.25) is 0 Å². The molecule has 1 aliphatic heterocycles. The fourth-order valence-corrected chi connectivity index (χ4v) is 4.60. The molecule has 1 saturated carbocycles. The van der Waals surface area contributed by atoms with Crippen molar-refractivity contribution in [1.82, 2.24) is 10.2 Å². The zero-order valence-corrected chi connectivity index (χ0v) is 13.1. The maximum Gasteiger partial charge on any atom is 0.150 e. The molecule has 0 spiro atoms. The van der Waals surface area contributed by atoms with Gasteiger partial charge >= 0.3 is 0 Å². The summed E-state index contributed by atoms with van der Waals surface area (Å²) in [5, 5.41) is 3.50. The molecule has 1 heterocycles. The van der Waals surface area contributed by atoms with Crippen molar-refractivity contribution in [1.29, 1.82) is 0 Å². The van der Waals surface area contributed by atoms with Gasteiger partial charge in [-0.1, -0.05) is 12.8 Å². The minimum atomic E-state index is -2.86. The summed E-state index contributed by atoms with van der Waals surface area (Å²) in [6, 6.07) is 1.02. The number of rotatable bonds is 4. The summed E-state index contributed by atoms with van der Waals surface area (Å²) in [6.07, 6.45) is 9.11. The maximum atomic E-state index is 11.7. The topological polar surface area (TPSA) is 49.4 Å². The van der Waals surface area contributed by atoms with E-state index in [1.807, 2.05) is 0 Å². The SMILES string of the molecule is CN1CCCCC1CNC1CCCC(S(C)(=O)=O)C1. The molecular formula is C14H28N2O2S. The highest BCUT2D eigenvalue weighted by Gasteiger charge is 2.29. The summed E-state index contributed by atoms with van der Waals surface area (Å²) in [7, 11) is -0.663. The summed E-state index contributed by atoms with van der Waals surface area (Å²) >= 11 is 0. The van der Waals surface area contributed by atoms with Crippen LogP contribution in [0.1, 0.15) is 44.9 Å². The molecule has 3 atom stereocenters. The van der Waals surface area contributed by atoms with Gasteiger partial charge in [0, 0.05) is 24.9 Å². The molecule has 19 heavy (non-hydrogen) atoms. The number of nitrogens with zero attached hydrogens (tertiary/aromatic N) is 1. The van der Waals surface area contributed by atoms with E-state index in [2.05, 4.69) is 17.3 Å². The van der Waals surface area contributed by atoms with Crippen molar-refractivity contribution in [2.45, 2.75) is 62.3 Å². The first-order valence-electron chi connectivity index (χ1n) is 7.59. The molecule has 0 aromatic carbocycles. The second-order valence-electron chi connectivity index (χ2n) is 6.35. The van der Waals surface area contributed by atoms with Gasteiger partial charge in [0.15, 0.2) is 0 Å². The maximum absolute atomic E-state index is 11.7.